The first kappa shape index (κ1) is 29.7. The van der Waals surface area contributed by atoms with Crippen LogP contribution in [0.2, 0.25) is 5.02 Å². The largest absolute Gasteiger partial charge is 0.418 e. The molecular weight excluding hydrogens is 586 g/mol. The summed E-state index contributed by atoms with van der Waals surface area (Å²) in [7, 11) is 0. The SMILES string of the molecule is Cc1cc(C)c(C2C(C#N)=C(N)N(c3ccc(Cl)cc3C(F)(F)F)C3=C2C(=O)CCC3)cc1CSc1ccc(F)cc1. The summed E-state index contributed by atoms with van der Waals surface area (Å²) < 4.78 is 55.9. The van der Waals surface area contributed by atoms with E-state index in [-0.39, 0.29) is 40.1 Å². The van der Waals surface area contributed by atoms with Gasteiger partial charge in [-0.3, -0.25) is 9.69 Å². The molecule has 0 saturated heterocycles. The van der Waals surface area contributed by atoms with Crippen LogP contribution in [-0.2, 0) is 16.7 Å². The van der Waals surface area contributed by atoms with Crippen molar-refractivity contribution >= 4 is 34.8 Å². The lowest BCUT2D eigenvalue weighted by Crippen LogP contribution is -2.39. The van der Waals surface area contributed by atoms with Crippen LogP contribution in [0.4, 0.5) is 23.2 Å². The third kappa shape index (κ3) is 5.53. The number of Topliss-reactive ketones (excluding diaryl/α,β-unsaturated/α-hetero) is 1. The van der Waals surface area contributed by atoms with Crippen molar-refractivity contribution in [1.82, 2.24) is 0 Å². The number of alkyl halides is 3. The van der Waals surface area contributed by atoms with Gasteiger partial charge in [0, 0.05) is 33.4 Å². The highest BCUT2D eigenvalue weighted by Crippen LogP contribution is 2.49. The first-order valence-corrected chi connectivity index (χ1v) is 14.6. The molecule has 1 unspecified atom stereocenters. The lowest BCUT2D eigenvalue weighted by atomic mass is 9.74. The molecule has 216 valence electrons. The van der Waals surface area contributed by atoms with Gasteiger partial charge in [-0.2, -0.15) is 18.4 Å². The van der Waals surface area contributed by atoms with Crippen molar-refractivity contribution in [3.63, 3.8) is 0 Å². The number of hydrogen-bond acceptors (Lipinski definition) is 5. The zero-order valence-electron chi connectivity index (χ0n) is 22.8. The van der Waals surface area contributed by atoms with Gasteiger partial charge >= 0.3 is 6.18 Å². The number of halogens is 5. The number of carbonyl (C=O) groups excluding carboxylic acids is 1. The van der Waals surface area contributed by atoms with E-state index < -0.39 is 17.7 Å². The van der Waals surface area contributed by atoms with Crippen LogP contribution in [0.15, 0.2) is 82.2 Å². The number of thioether (sulfide) groups is 1. The van der Waals surface area contributed by atoms with E-state index >= 15 is 0 Å². The molecule has 5 rings (SSSR count). The van der Waals surface area contributed by atoms with Crippen LogP contribution in [0.1, 0.15) is 53.0 Å². The Bertz CT molecular complexity index is 1690. The van der Waals surface area contributed by atoms with E-state index in [0.717, 1.165) is 27.7 Å². The molecule has 0 aromatic heterocycles. The van der Waals surface area contributed by atoms with Crippen molar-refractivity contribution in [2.75, 3.05) is 4.90 Å². The summed E-state index contributed by atoms with van der Waals surface area (Å²) in [6.07, 6.45) is -3.78. The molecular formula is C32H26ClF4N3OS. The maximum absolute atomic E-state index is 14.2. The van der Waals surface area contributed by atoms with E-state index in [1.807, 2.05) is 26.0 Å². The Morgan fingerprint density at radius 2 is 1.79 bits per heavy atom. The number of anilines is 1. The van der Waals surface area contributed by atoms with E-state index in [4.69, 9.17) is 17.3 Å². The Hall–Kier alpha value is -3.74. The second-order valence-electron chi connectivity index (χ2n) is 10.4. The average Bonchev–Trinajstić information content (AvgIpc) is 2.93. The van der Waals surface area contributed by atoms with Gasteiger partial charge in [-0.1, -0.05) is 23.7 Å². The number of ketones is 1. The van der Waals surface area contributed by atoms with E-state index in [2.05, 4.69) is 6.07 Å². The summed E-state index contributed by atoms with van der Waals surface area (Å²) in [5.74, 6) is -0.979. The maximum Gasteiger partial charge on any atom is 0.418 e. The predicted octanol–water partition coefficient (Wildman–Crippen LogP) is 8.71. The van der Waals surface area contributed by atoms with Gasteiger partial charge in [-0.15, -0.1) is 11.8 Å². The van der Waals surface area contributed by atoms with Crippen molar-refractivity contribution in [2.45, 2.75) is 55.9 Å². The summed E-state index contributed by atoms with van der Waals surface area (Å²) in [5, 5.41) is 10.3. The second kappa shape index (κ2) is 11.5. The smallest absolute Gasteiger partial charge is 0.384 e. The number of benzene rings is 3. The lowest BCUT2D eigenvalue weighted by molar-refractivity contribution is -0.137. The lowest BCUT2D eigenvalue weighted by Gasteiger charge is -2.40. The number of carbonyl (C=O) groups is 1. The summed E-state index contributed by atoms with van der Waals surface area (Å²) in [6.45, 7) is 3.84. The standard InChI is InChI=1S/C32H26ClF4N3OS/c1-17-12-18(2)23(13-19(17)16-42-22-9-7-21(34)8-10-22)29-24(15-38)31(39)40(27-4-3-5-28(41)30(27)29)26-11-6-20(33)14-25(26)32(35,36)37/h6-14,29H,3-5,16,39H2,1-2H3. The molecule has 2 aliphatic rings. The van der Waals surface area contributed by atoms with Crippen LogP contribution < -0.4 is 10.6 Å². The Kier molecular flexibility index (Phi) is 8.15. The van der Waals surface area contributed by atoms with Gasteiger partial charge in [0.05, 0.1) is 28.8 Å². The normalized spacial score (nSPS) is 17.4. The molecule has 1 aliphatic heterocycles. The van der Waals surface area contributed by atoms with Gasteiger partial charge in [0.25, 0.3) is 0 Å². The molecule has 3 aromatic rings. The topological polar surface area (TPSA) is 70.1 Å². The highest BCUT2D eigenvalue weighted by atomic mass is 35.5. The molecule has 0 radical (unpaired) electrons. The maximum atomic E-state index is 14.2. The number of aryl methyl sites for hydroxylation is 2. The van der Waals surface area contributed by atoms with E-state index in [9.17, 15) is 27.6 Å². The molecule has 0 amide bonds. The third-order valence-electron chi connectivity index (χ3n) is 7.66. The van der Waals surface area contributed by atoms with Crippen LogP contribution >= 0.6 is 23.4 Å². The number of hydrogen-bond donors (Lipinski definition) is 1. The minimum absolute atomic E-state index is 0.0103. The summed E-state index contributed by atoms with van der Waals surface area (Å²) >= 11 is 7.45. The van der Waals surface area contributed by atoms with Crippen molar-refractivity contribution in [1.29, 1.82) is 5.26 Å². The first-order chi connectivity index (χ1) is 19.9. The van der Waals surface area contributed by atoms with Gasteiger partial charge in [0.2, 0.25) is 0 Å². The molecule has 0 spiro atoms. The zero-order chi connectivity index (χ0) is 30.3. The summed E-state index contributed by atoms with van der Waals surface area (Å²) in [5.41, 5.74) is 9.41. The Balaban J connectivity index is 1.66. The molecule has 0 fully saturated rings. The van der Waals surface area contributed by atoms with Crippen molar-refractivity contribution < 1.29 is 22.4 Å². The molecule has 4 nitrogen and oxygen atoms in total. The minimum atomic E-state index is -4.76. The Labute approximate surface area is 250 Å². The predicted molar refractivity (Wildman–Crippen MR) is 156 cm³/mol. The van der Waals surface area contributed by atoms with Crippen molar-refractivity contribution in [3.8, 4) is 6.07 Å². The Morgan fingerprint density at radius 1 is 1.07 bits per heavy atom. The molecule has 3 aromatic carbocycles. The van der Waals surface area contributed by atoms with Crippen molar-refractivity contribution in [2.24, 2.45) is 5.73 Å². The fraction of sp³-hybridized carbons (Fsp3) is 0.250. The monoisotopic (exact) mass is 611 g/mol. The highest BCUT2D eigenvalue weighted by Gasteiger charge is 2.43. The quantitative estimate of drug-likeness (QED) is 0.231. The van der Waals surface area contributed by atoms with Crippen LogP contribution in [0.5, 0.6) is 0 Å². The van der Waals surface area contributed by atoms with Gasteiger partial charge in [-0.25, -0.2) is 4.39 Å². The van der Waals surface area contributed by atoms with Gasteiger partial charge < -0.3 is 5.73 Å². The highest BCUT2D eigenvalue weighted by molar-refractivity contribution is 7.98. The molecule has 1 aliphatic carbocycles. The van der Waals surface area contributed by atoms with E-state index in [1.165, 1.54) is 40.9 Å². The summed E-state index contributed by atoms with van der Waals surface area (Å²) in [4.78, 5) is 15.7. The third-order valence-corrected chi connectivity index (χ3v) is 8.96. The van der Waals surface area contributed by atoms with Crippen LogP contribution in [-0.4, -0.2) is 5.78 Å². The van der Waals surface area contributed by atoms with Crippen LogP contribution in [0.25, 0.3) is 0 Å². The average molecular weight is 612 g/mol. The van der Waals surface area contributed by atoms with Gasteiger partial charge in [0.15, 0.2) is 5.78 Å². The molecule has 1 atom stereocenters. The fourth-order valence-electron chi connectivity index (χ4n) is 5.68. The van der Waals surface area contributed by atoms with Crippen LogP contribution in [0, 0.1) is 31.0 Å². The van der Waals surface area contributed by atoms with E-state index in [1.54, 1.807) is 12.1 Å². The molecule has 42 heavy (non-hydrogen) atoms. The molecule has 0 saturated carbocycles. The second-order valence-corrected chi connectivity index (χ2v) is 11.8. The fourth-order valence-corrected chi connectivity index (χ4v) is 6.81. The van der Waals surface area contributed by atoms with Crippen LogP contribution in [0.3, 0.4) is 0 Å². The number of allylic oxidation sites excluding steroid dienone is 3. The minimum Gasteiger partial charge on any atom is -0.384 e. The molecule has 1 heterocycles. The molecule has 2 N–H and O–H groups in total. The number of rotatable bonds is 5. The number of nitriles is 1. The van der Waals surface area contributed by atoms with Gasteiger partial charge in [0.1, 0.15) is 11.6 Å². The van der Waals surface area contributed by atoms with Crippen molar-refractivity contribution in [3.05, 3.63) is 116 Å². The summed E-state index contributed by atoms with van der Waals surface area (Å²) in [6, 6.07) is 15.6. The number of nitrogens with zero attached hydrogens (tertiary/aromatic N) is 2. The molecule has 0 bridgehead atoms. The number of nitrogens with two attached hydrogens (primary N) is 1. The first-order valence-electron chi connectivity index (χ1n) is 13.2. The van der Waals surface area contributed by atoms with Gasteiger partial charge in [-0.05, 0) is 91.4 Å². The Morgan fingerprint density at radius 3 is 2.45 bits per heavy atom. The molecule has 10 heteroatoms. The zero-order valence-corrected chi connectivity index (χ0v) is 24.4. The van der Waals surface area contributed by atoms with E-state index in [0.29, 0.717) is 35.4 Å².